The molecule has 0 aromatic heterocycles. The van der Waals surface area contributed by atoms with Gasteiger partial charge in [-0.15, -0.1) is 0 Å². The van der Waals surface area contributed by atoms with E-state index in [0.29, 0.717) is 10.8 Å². The van der Waals surface area contributed by atoms with Crippen LogP contribution in [-0.4, -0.2) is 0 Å². The lowest BCUT2D eigenvalue weighted by Crippen LogP contribution is -2.35. The van der Waals surface area contributed by atoms with Gasteiger partial charge < -0.3 is 0 Å². The van der Waals surface area contributed by atoms with E-state index in [1.807, 2.05) is 27.7 Å². The second-order valence-corrected chi connectivity index (χ2v) is 9.85. The lowest BCUT2D eigenvalue weighted by Gasteiger charge is -2.44. The normalized spacial score (nSPS) is 20.4. The molecule has 0 aromatic carbocycles. The fraction of sp³-hybridized carbons (Fsp3) is 1.00. The molecule has 0 bridgehead atoms. The zero-order valence-corrected chi connectivity index (χ0v) is 21.7. The Morgan fingerprint density at radius 1 is 0.407 bits per heavy atom. The quantitative estimate of drug-likeness (QED) is 0.449. The van der Waals surface area contributed by atoms with Crippen molar-refractivity contribution < 1.29 is 2.85 Å². The van der Waals surface area contributed by atoms with E-state index in [1.165, 1.54) is 57.8 Å². The summed E-state index contributed by atoms with van der Waals surface area (Å²) in [6.45, 7) is 27.2. The lowest BCUT2D eigenvalue weighted by atomic mass is 9.61. The molecular weight excluding hydrogens is 324 g/mol. The molecule has 0 radical (unpaired) electrons. The first-order valence-corrected chi connectivity index (χ1v) is 12.7. The number of hydrogen-bond acceptors (Lipinski definition) is 0. The third kappa shape index (κ3) is 8.10. The largest absolute Gasteiger partial charge is 0.0683 e. The minimum absolute atomic E-state index is 0. The fourth-order valence-corrected chi connectivity index (χ4v) is 5.89. The highest BCUT2D eigenvalue weighted by molar-refractivity contribution is 4.89. The first kappa shape index (κ1) is 29.2. The van der Waals surface area contributed by atoms with Crippen molar-refractivity contribution in [3.8, 4) is 0 Å². The average molecular weight is 389 g/mol. The SMILES string of the molecule is CC.CC.CC(C)C1(C(C)C)CCCC1.CC(C)C1(C(C)C)CCCCC1.[2HH].[2HH]. The highest BCUT2D eigenvalue weighted by Crippen LogP contribution is 2.49. The van der Waals surface area contributed by atoms with Crippen LogP contribution in [0.2, 0.25) is 0 Å². The molecule has 0 unspecified atom stereocenters. The standard InChI is InChI=1S/C12H24.C11H22.2C2H6.2H2/c1-10(2)12(11(3)4)8-6-5-7-9-12;1-9(2)11(10(3)4)7-5-6-8-11;2*1-2;;/h10-11H,5-9H2,1-4H3;9-10H,5-8H2,1-4H3;2*1-2H3;2*1H/i;;;;2*1+1. The zero-order valence-electron chi connectivity index (χ0n) is 21.7. The van der Waals surface area contributed by atoms with E-state index >= 15 is 0 Å². The van der Waals surface area contributed by atoms with Gasteiger partial charge in [0.2, 0.25) is 0 Å². The molecule has 0 aliphatic heterocycles. The summed E-state index contributed by atoms with van der Waals surface area (Å²) in [4.78, 5) is 0. The maximum Gasteiger partial charge on any atom is 0 e. The van der Waals surface area contributed by atoms with E-state index in [2.05, 4.69) is 55.4 Å². The summed E-state index contributed by atoms with van der Waals surface area (Å²) in [6, 6.07) is 0. The van der Waals surface area contributed by atoms with E-state index in [4.69, 9.17) is 0 Å². The number of hydrogen-bond donors (Lipinski definition) is 0. The van der Waals surface area contributed by atoms with Crippen LogP contribution in [-0.2, 0) is 0 Å². The van der Waals surface area contributed by atoms with Crippen molar-refractivity contribution >= 4 is 0 Å². The zero-order chi connectivity index (χ0) is 21.7. The summed E-state index contributed by atoms with van der Waals surface area (Å²) >= 11 is 0. The van der Waals surface area contributed by atoms with Crippen molar-refractivity contribution in [3.05, 3.63) is 0 Å². The van der Waals surface area contributed by atoms with E-state index in [0.717, 1.165) is 23.7 Å². The van der Waals surface area contributed by atoms with Crippen molar-refractivity contribution in [1.82, 2.24) is 0 Å². The third-order valence-electron chi connectivity index (χ3n) is 7.92. The van der Waals surface area contributed by atoms with Gasteiger partial charge >= 0.3 is 0 Å². The van der Waals surface area contributed by atoms with Crippen LogP contribution in [0, 0.1) is 34.5 Å². The van der Waals surface area contributed by atoms with Crippen LogP contribution < -0.4 is 0 Å². The molecule has 0 amide bonds. The molecule has 170 valence electrons. The van der Waals surface area contributed by atoms with Gasteiger partial charge in [0.15, 0.2) is 0 Å². The van der Waals surface area contributed by atoms with E-state index in [-0.39, 0.29) is 2.85 Å². The van der Waals surface area contributed by atoms with Crippen molar-refractivity contribution in [1.29, 1.82) is 0 Å². The summed E-state index contributed by atoms with van der Waals surface area (Å²) in [5.41, 5.74) is 1.37. The van der Waals surface area contributed by atoms with Crippen molar-refractivity contribution in [2.45, 2.75) is 141 Å². The molecule has 0 spiro atoms. The first-order valence-electron chi connectivity index (χ1n) is 12.7. The van der Waals surface area contributed by atoms with E-state index in [9.17, 15) is 0 Å². The molecular formula is C27H62. The molecule has 2 saturated carbocycles. The molecule has 0 atom stereocenters. The van der Waals surface area contributed by atoms with Gasteiger partial charge in [-0.05, 0) is 60.2 Å². The Labute approximate surface area is 178 Å². The molecule has 2 fully saturated rings. The molecule has 0 aromatic rings. The topological polar surface area (TPSA) is 0 Å². The second-order valence-electron chi connectivity index (χ2n) is 9.85. The van der Waals surface area contributed by atoms with Crippen LogP contribution in [0.1, 0.15) is 144 Å². The van der Waals surface area contributed by atoms with Gasteiger partial charge in [0.05, 0.1) is 0 Å². The molecule has 0 heteroatoms. The molecule has 0 N–H and O–H groups in total. The summed E-state index contributed by atoms with van der Waals surface area (Å²) in [5, 5.41) is 0. The monoisotopic (exact) mass is 388 g/mol. The first-order chi connectivity index (χ1) is 12.7. The van der Waals surface area contributed by atoms with Gasteiger partial charge in [0, 0.05) is 2.85 Å². The van der Waals surface area contributed by atoms with Gasteiger partial charge in [-0.1, -0.05) is 115 Å². The molecule has 0 heterocycles. The second kappa shape index (κ2) is 14.9. The molecule has 27 heavy (non-hydrogen) atoms. The van der Waals surface area contributed by atoms with Gasteiger partial charge in [0.1, 0.15) is 0 Å². The van der Waals surface area contributed by atoms with Crippen LogP contribution in [0.25, 0.3) is 0 Å². The summed E-state index contributed by atoms with van der Waals surface area (Å²) < 4.78 is 0. The Kier molecular flexibility index (Phi) is 16.1. The Morgan fingerprint density at radius 3 is 0.741 bits per heavy atom. The predicted octanol–water partition coefficient (Wildman–Crippen LogP) is 10.7. The Bertz CT molecular complexity index is 299. The predicted molar refractivity (Wildman–Crippen MR) is 133 cm³/mol. The van der Waals surface area contributed by atoms with Gasteiger partial charge in [0.25, 0.3) is 0 Å². The lowest BCUT2D eigenvalue weighted by molar-refractivity contribution is 0.0587. The smallest absolute Gasteiger partial charge is 0 e. The number of rotatable bonds is 4. The maximum atomic E-state index is 2.41. The van der Waals surface area contributed by atoms with Crippen molar-refractivity contribution in [2.75, 3.05) is 0 Å². The Hall–Kier alpha value is 0. The van der Waals surface area contributed by atoms with Crippen molar-refractivity contribution in [2.24, 2.45) is 34.5 Å². The van der Waals surface area contributed by atoms with Crippen LogP contribution >= 0.6 is 0 Å². The van der Waals surface area contributed by atoms with E-state index in [1.54, 1.807) is 0 Å². The molecule has 2 aliphatic carbocycles. The minimum atomic E-state index is 0. The summed E-state index contributed by atoms with van der Waals surface area (Å²) in [7, 11) is 0. The summed E-state index contributed by atoms with van der Waals surface area (Å²) in [5.74, 6) is 3.51. The molecule has 0 nitrogen and oxygen atoms in total. The van der Waals surface area contributed by atoms with Gasteiger partial charge in [-0.2, -0.15) is 0 Å². The van der Waals surface area contributed by atoms with Gasteiger partial charge in [-0.25, -0.2) is 0 Å². The minimum Gasteiger partial charge on any atom is -0.0683 e. The van der Waals surface area contributed by atoms with E-state index < -0.39 is 0 Å². The molecule has 2 aliphatic rings. The van der Waals surface area contributed by atoms with Crippen LogP contribution in [0.4, 0.5) is 0 Å². The van der Waals surface area contributed by atoms with Gasteiger partial charge in [-0.3, -0.25) is 0 Å². The highest BCUT2D eigenvalue weighted by Gasteiger charge is 2.39. The Morgan fingerprint density at radius 2 is 0.593 bits per heavy atom. The Balaban J connectivity index is -0.000000174. The summed E-state index contributed by atoms with van der Waals surface area (Å²) in [6.07, 6.45) is 13.2. The van der Waals surface area contributed by atoms with Crippen molar-refractivity contribution in [3.63, 3.8) is 0 Å². The fourth-order valence-electron chi connectivity index (χ4n) is 5.89. The van der Waals surface area contributed by atoms with Crippen LogP contribution in [0.15, 0.2) is 0 Å². The third-order valence-corrected chi connectivity index (χ3v) is 7.92. The van der Waals surface area contributed by atoms with Crippen LogP contribution in [0.5, 0.6) is 0 Å². The molecule has 0 saturated heterocycles. The molecule has 2 rings (SSSR count). The highest BCUT2D eigenvalue weighted by atomic mass is 14.4. The van der Waals surface area contributed by atoms with Crippen LogP contribution in [0.3, 0.4) is 0 Å². The average Bonchev–Trinajstić information content (AvgIpc) is 3.17. The maximum absolute atomic E-state index is 2.41.